The fraction of sp³-hybridized carbons (Fsp3) is 0.250. The molecular weight excluding hydrogens is 320 g/mol. The second-order valence-electron chi connectivity index (χ2n) is 3.84. The monoisotopic (exact) mass is 328 g/mol. The molecule has 1 heterocycles. The number of carbonyl (C=O) groups is 1. The van der Waals surface area contributed by atoms with Gasteiger partial charge in [0.1, 0.15) is 5.78 Å². The highest BCUT2D eigenvalue weighted by Gasteiger charge is 2.10. The third-order valence-corrected chi connectivity index (χ3v) is 3.55. The Balaban J connectivity index is 2.18. The molecule has 0 unspecified atom stereocenters. The van der Waals surface area contributed by atoms with Crippen LogP contribution in [-0.2, 0) is 11.2 Å². The second-order valence-corrected chi connectivity index (χ2v) is 5.10. The minimum atomic E-state index is 0.101. The van der Waals surface area contributed by atoms with E-state index >= 15 is 0 Å². The summed E-state index contributed by atoms with van der Waals surface area (Å²) in [6.45, 7) is 1.54. The Labute approximate surface area is 117 Å². The van der Waals surface area contributed by atoms with Gasteiger partial charge in [-0.05, 0) is 41.1 Å². The number of ketones is 1. The first-order chi connectivity index (χ1) is 8.56. The van der Waals surface area contributed by atoms with E-state index in [1.165, 1.54) is 6.92 Å². The van der Waals surface area contributed by atoms with Gasteiger partial charge in [-0.15, -0.1) is 0 Å². The molecule has 1 aromatic heterocycles. The van der Waals surface area contributed by atoms with Gasteiger partial charge in [0.2, 0.25) is 11.7 Å². The topological polar surface area (TPSA) is 56.0 Å². The van der Waals surface area contributed by atoms with Crippen LogP contribution in [0, 0.1) is 0 Å². The van der Waals surface area contributed by atoms with E-state index < -0.39 is 0 Å². The van der Waals surface area contributed by atoms with E-state index in [2.05, 4.69) is 26.1 Å². The second kappa shape index (κ2) is 5.63. The van der Waals surface area contributed by atoms with Gasteiger partial charge in [0.05, 0.1) is 5.02 Å². The maximum Gasteiger partial charge on any atom is 0.227 e. The SMILES string of the molecule is CC(=O)CCc1nc(-c2ccc(Cl)c(Br)c2)no1. The molecule has 0 bridgehead atoms. The van der Waals surface area contributed by atoms with Crippen molar-refractivity contribution in [3.8, 4) is 11.4 Å². The predicted molar refractivity (Wildman–Crippen MR) is 71.4 cm³/mol. The summed E-state index contributed by atoms with van der Waals surface area (Å²) in [5, 5.41) is 4.50. The molecule has 0 aliphatic heterocycles. The average molecular weight is 330 g/mol. The molecule has 0 amide bonds. The Kier molecular flexibility index (Phi) is 4.14. The molecule has 18 heavy (non-hydrogen) atoms. The number of aryl methyl sites for hydroxylation is 1. The van der Waals surface area contributed by atoms with Crippen LogP contribution in [0.4, 0.5) is 0 Å². The minimum absolute atomic E-state index is 0.101. The first-order valence-corrected chi connectivity index (χ1v) is 6.51. The number of hydrogen-bond acceptors (Lipinski definition) is 4. The first-order valence-electron chi connectivity index (χ1n) is 5.33. The molecule has 94 valence electrons. The molecule has 2 rings (SSSR count). The van der Waals surface area contributed by atoms with Crippen molar-refractivity contribution in [1.82, 2.24) is 10.1 Å². The van der Waals surface area contributed by atoms with Crippen LogP contribution >= 0.6 is 27.5 Å². The van der Waals surface area contributed by atoms with Gasteiger partial charge in [0.25, 0.3) is 0 Å². The molecule has 0 saturated heterocycles. The van der Waals surface area contributed by atoms with Crippen molar-refractivity contribution in [2.45, 2.75) is 19.8 Å². The summed E-state index contributed by atoms with van der Waals surface area (Å²) in [6, 6.07) is 5.39. The number of aromatic nitrogens is 2. The summed E-state index contributed by atoms with van der Waals surface area (Å²) >= 11 is 9.25. The summed E-state index contributed by atoms with van der Waals surface area (Å²) in [4.78, 5) is 15.1. The largest absolute Gasteiger partial charge is 0.339 e. The lowest BCUT2D eigenvalue weighted by Gasteiger charge is -1.97. The van der Waals surface area contributed by atoms with E-state index in [0.717, 1.165) is 10.0 Å². The van der Waals surface area contributed by atoms with E-state index in [1.807, 2.05) is 12.1 Å². The van der Waals surface area contributed by atoms with Gasteiger partial charge in [0.15, 0.2) is 0 Å². The standard InChI is InChI=1S/C12H10BrClN2O2/c1-7(17)2-5-11-15-12(16-18-11)8-3-4-10(14)9(13)6-8/h3-4,6H,2,5H2,1H3. The van der Waals surface area contributed by atoms with Gasteiger partial charge in [0, 0.05) is 22.9 Å². The Morgan fingerprint density at radius 2 is 2.28 bits per heavy atom. The van der Waals surface area contributed by atoms with Crippen molar-refractivity contribution in [2.75, 3.05) is 0 Å². The number of nitrogens with zero attached hydrogens (tertiary/aromatic N) is 2. The lowest BCUT2D eigenvalue weighted by atomic mass is 10.2. The fourth-order valence-electron chi connectivity index (χ4n) is 1.39. The molecule has 0 saturated carbocycles. The van der Waals surface area contributed by atoms with E-state index in [9.17, 15) is 4.79 Å². The van der Waals surface area contributed by atoms with Gasteiger partial charge >= 0.3 is 0 Å². The van der Waals surface area contributed by atoms with Crippen LogP contribution in [0.15, 0.2) is 27.2 Å². The van der Waals surface area contributed by atoms with Crippen LogP contribution < -0.4 is 0 Å². The number of halogens is 2. The fourth-order valence-corrected chi connectivity index (χ4v) is 1.89. The highest BCUT2D eigenvalue weighted by atomic mass is 79.9. The van der Waals surface area contributed by atoms with Crippen molar-refractivity contribution in [2.24, 2.45) is 0 Å². The van der Waals surface area contributed by atoms with Crippen LogP contribution in [0.3, 0.4) is 0 Å². The average Bonchev–Trinajstić information content (AvgIpc) is 2.79. The molecule has 1 aromatic carbocycles. The summed E-state index contributed by atoms with van der Waals surface area (Å²) in [5.74, 6) is 1.06. The van der Waals surface area contributed by atoms with E-state index in [-0.39, 0.29) is 5.78 Å². The number of carbonyl (C=O) groups excluding carboxylic acids is 1. The Morgan fingerprint density at radius 3 is 2.94 bits per heavy atom. The van der Waals surface area contributed by atoms with E-state index in [4.69, 9.17) is 16.1 Å². The molecule has 0 N–H and O–H groups in total. The summed E-state index contributed by atoms with van der Waals surface area (Å²) < 4.78 is 5.85. The molecule has 0 fully saturated rings. The van der Waals surface area contributed by atoms with Crippen LogP contribution in [-0.4, -0.2) is 15.9 Å². The maximum absolute atomic E-state index is 10.9. The smallest absolute Gasteiger partial charge is 0.227 e. The molecule has 0 spiro atoms. The third kappa shape index (κ3) is 3.17. The van der Waals surface area contributed by atoms with Crippen molar-refractivity contribution in [1.29, 1.82) is 0 Å². The zero-order chi connectivity index (χ0) is 13.1. The van der Waals surface area contributed by atoms with Gasteiger partial charge in [-0.25, -0.2) is 0 Å². The normalized spacial score (nSPS) is 10.6. The zero-order valence-electron chi connectivity index (χ0n) is 9.61. The Morgan fingerprint density at radius 1 is 1.50 bits per heavy atom. The van der Waals surface area contributed by atoms with E-state index in [0.29, 0.717) is 29.6 Å². The number of benzene rings is 1. The van der Waals surface area contributed by atoms with Crippen molar-refractivity contribution in [3.05, 3.63) is 33.6 Å². The molecule has 0 radical (unpaired) electrons. The van der Waals surface area contributed by atoms with Crippen molar-refractivity contribution >= 4 is 33.3 Å². The van der Waals surface area contributed by atoms with Gasteiger partial charge in [-0.2, -0.15) is 4.98 Å². The summed E-state index contributed by atoms with van der Waals surface area (Å²) in [6.07, 6.45) is 0.878. The zero-order valence-corrected chi connectivity index (χ0v) is 12.0. The quantitative estimate of drug-likeness (QED) is 0.858. The lowest BCUT2D eigenvalue weighted by molar-refractivity contribution is -0.117. The number of rotatable bonds is 4. The summed E-state index contributed by atoms with van der Waals surface area (Å²) in [7, 11) is 0. The first kappa shape index (κ1) is 13.2. The predicted octanol–water partition coefficient (Wildman–Crippen LogP) is 3.67. The Hall–Kier alpha value is -1.20. The minimum Gasteiger partial charge on any atom is -0.339 e. The van der Waals surface area contributed by atoms with Gasteiger partial charge in [-0.1, -0.05) is 16.8 Å². The molecule has 0 aliphatic rings. The van der Waals surface area contributed by atoms with Crippen LogP contribution in [0.5, 0.6) is 0 Å². The molecule has 6 heteroatoms. The molecular formula is C12H10BrClN2O2. The van der Waals surface area contributed by atoms with Crippen molar-refractivity contribution in [3.63, 3.8) is 0 Å². The van der Waals surface area contributed by atoms with Gasteiger partial charge in [-0.3, -0.25) is 0 Å². The molecule has 2 aromatic rings. The summed E-state index contributed by atoms with van der Waals surface area (Å²) in [5.41, 5.74) is 0.809. The number of hydrogen-bond donors (Lipinski definition) is 0. The highest BCUT2D eigenvalue weighted by Crippen LogP contribution is 2.27. The number of Topliss-reactive ketones (excluding diaryl/α,β-unsaturated/α-hetero) is 1. The van der Waals surface area contributed by atoms with Crippen LogP contribution in [0.25, 0.3) is 11.4 Å². The maximum atomic E-state index is 10.9. The molecule has 0 aliphatic carbocycles. The van der Waals surface area contributed by atoms with Crippen LogP contribution in [0.2, 0.25) is 5.02 Å². The van der Waals surface area contributed by atoms with Crippen LogP contribution in [0.1, 0.15) is 19.2 Å². The van der Waals surface area contributed by atoms with Gasteiger partial charge < -0.3 is 9.32 Å². The van der Waals surface area contributed by atoms with E-state index in [1.54, 1.807) is 6.07 Å². The third-order valence-electron chi connectivity index (χ3n) is 2.34. The lowest BCUT2D eigenvalue weighted by Crippen LogP contribution is -1.94. The molecule has 4 nitrogen and oxygen atoms in total. The molecule has 0 atom stereocenters. The Bertz CT molecular complexity index is 583. The highest BCUT2D eigenvalue weighted by molar-refractivity contribution is 9.10. The van der Waals surface area contributed by atoms with Crippen molar-refractivity contribution < 1.29 is 9.32 Å².